The summed E-state index contributed by atoms with van der Waals surface area (Å²) in [6, 6.07) is 3.26. The third-order valence-electron chi connectivity index (χ3n) is 3.47. The maximum atomic E-state index is 11.8. The highest BCUT2D eigenvalue weighted by Gasteiger charge is 2.11. The summed E-state index contributed by atoms with van der Waals surface area (Å²) in [4.78, 5) is 20.4. The molecule has 0 aromatic carbocycles. The molecular weight excluding hydrogens is 328 g/mol. The van der Waals surface area contributed by atoms with Gasteiger partial charge in [0.2, 0.25) is 5.95 Å². The van der Waals surface area contributed by atoms with Crippen molar-refractivity contribution < 1.29 is 0 Å². The number of aromatic nitrogens is 3. The lowest BCUT2D eigenvalue weighted by atomic mass is 10.1. The summed E-state index contributed by atoms with van der Waals surface area (Å²) in [5.74, 6) is 0.546. The topological polar surface area (TPSA) is 95.7 Å². The molecule has 0 aliphatic carbocycles. The zero-order valence-electron chi connectivity index (χ0n) is 15.7. The molecule has 0 spiro atoms. The third-order valence-corrected chi connectivity index (χ3v) is 3.47. The average Bonchev–Trinajstić information content (AvgIpc) is 2.58. The van der Waals surface area contributed by atoms with Crippen molar-refractivity contribution in [3.05, 3.63) is 52.8 Å². The Hall–Kier alpha value is -2.96. The maximum Gasteiger partial charge on any atom is 0.250 e. The van der Waals surface area contributed by atoms with Gasteiger partial charge < -0.3 is 20.6 Å². The third kappa shape index (κ3) is 5.54. The molecule has 2 heterocycles. The minimum absolute atomic E-state index is 0.0241. The van der Waals surface area contributed by atoms with E-state index in [1.807, 2.05) is 27.7 Å². The summed E-state index contributed by atoms with van der Waals surface area (Å²) < 4.78 is 1.66. The van der Waals surface area contributed by atoms with Crippen LogP contribution >= 0.6 is 0 Å². The molecule has 0 aliphatic heterocycles. The van der Waals surface area contributed by atoms with Gasteiger partial charge in [0.25, 0.3) is 5.56 Å². The molecule has 0 amide bonds. The summed E-state index contributed by atoms with van der Waals surface area (Å²) in [7, 11) is 0. The van der Waals surface area contributed by atoms with E-state index in [4.69, 9.17) is 5.41 Å². The summed E-state index contributed by atoms with van der Waals surface area (Å²) in [6.07, 6.45) is 8.96. The van der Waals surface area contributed by atoms with Gasteiger partial charge in [-0.15, -0.1) is 0 Å². The molecular formula is C19H26N6O. The van der Waals surface area contributed by atoms with Crippen molar-refractivity contribution in [3.8, 4) is 0 Å². The zero-order valence-corrected chi connectivity index (χ0v) is 15.7. The van der Waals surface area contributed by atoms with E-state index >= 15 is 0 Å². The number of rotatable bonds is 7. The summed E-state index contributed by atoms with van der Waals surface area (Å²) in [6.45, 7) is 8.81. The number of hydrogen-bond donors (Lipinski definition) is 3. The molecule has 7 heteroatoms. The Kier molecular flexibility index (Phi) is 6.27. The van der Waals surface area contributed by atoms with Crippen LogP contribution in [0.2, 0.25) is 0 Å². The number of allylic oxidation sites excluding steroid dienone is 1. The van der Waals surface area contributed by atoms with E-state index in [1.54, 1.807) is 35.4 Å². The molecule has 2 rings (SSSR count). The first-order valence-corrected chi connectivity index (χ1v) is 8.60. The van der Waals surface area contributed by atoms with Crippen LogP contribution in [0.4, 0.5) is 11.6 Å². The first-order valence-electron chi connectivity index (χ1n) is 8.60. The largest absolute Gasteiger partial charge is 0.360 e. The molecule has 0 fully saturated rings. The standard InChI is InChI=1S/C19H26N6O/c1-5-8-25-13-16(6-7-17(25)26)21-10-14(9-20)15-11-22-18(23-12-15)24-19(2,3)4/h6-7,9-13,20-21H,5,8H2,1-4H3,(H,22,23,24)/b14-10+,20-9?. The van der Waals surface area contributed by atoms with E-state index in [-0.39, 0.29) is 11.1 Å². The number of nitrogens with zero attached hydrogens (tertiary/aromatic N) is 3. The molecule has 7 nitrogen and oxygen atoms in total. The maximum absolute atomic E-state index is 11.8. The number of nitrogens with one attached hydrogen (secondary N) is 3. The van der Waals surface area contributed by atoms with Crippen molar-refractivity contribution in [2.75, 3.05) is 10.6 Å². The van der Waals surface area contributed by atoms with Crippen molar-refractivity contribution in [3.63, 3.8) is 0 Å². The summed E-state index contributed by atoms with van der Waals surface area (Å²) in [5, 5.41) is 14.0. The molecule has 0 saturated heterocycles. The molecule has 0 unspecified atom stereocenters. The molecule has 138 valence electrons. The second-order valence-electron chi connectivity index (χ2n) is 7.01. The Balaban J connectivity index is 2.16. The van der Waals surface area contributed by atoms with E-state index in [0.717, 1.165) is 17.7 Å². The lowest BCUT2D eigenvalue weighted by Gasteiger charge is -2.20. The van der Waals surface area contributed by atoms with Crippen LogP contribution in [0.5, 0.6) is 0 Å². The van der Waals surface area contributed by atoms with E-state index in [0.29, 0.717) is 18.1 Å². The van der Waals surface area contributed by atoms with Crippen LogP contribution in [0.3, 0.4) is 0 Å². The Bertz CT molecular complexity index is 830. The van der Waals surface area contributed by atoms with Crippen molar-refractivity contribution in [2.24, 2.45) is 0 Å². The van der Waals surface area contributed by atoms with Gasteiger partial charge in [-0.3, -0.25) is 4.79 Å². The highest BCUT2D eigenvalue weighted by Crippen LogP contribution is 2.14. The van der Waals surface area contributed by atoms with Crippen LogP contribution in [-0.4, -0.2) is 26.3 Å². The fraction of sp³-hybridized carbons (Fsp3) is 0.368. The predicted octanol–water partition coefficient (Wildman–Crippen LogP) is 3.36. The minimum atomic E-state index is -0.120. The molecule has 3 N–H and O–H groups in total. The Labute approximate surface area is 153 Å². The van der Waals surface area contributed by atoms with Gasteiger partial charge >= 0.3 is 0 Å². The van der Waals surface area contributed by atoms with Gasteiger partial charge in [0.05, 0.1) is 5.69 Å². The molecule has 0 radical (unpaired) electrons. The Morgan fingerprint density at radius 1 is 1.27 bits per heavy atom. The number of pyridine rings is 1. The van der Waals surface area contributed by atoms with Gasteiger partial charge in [0, 0.05) is 60.3 Å². The Morgan fingerprint density at radius 3 is 2.54 bits per heavy atom. The van der Waals surface area contributed by atoms with Gasteiger partial charge in [0.1, 0.15) is 0 Å². The minimum Gasteiger partial charge on any atom is -0.360 e. The first kappa shape index (κ1) is 19.4. The van der Waals surface area contributed by atoms with Gasteiger partial charge in [-0.05, 0) is 33.3 Å². The van der Waals surface area contributed by atoms with Gasteiger partial charge in [-0.25, -0.2) is 9.97 Å². The van der Waals surface area contributed by atoms with Crippen LogP contribution in [0.1, 0.15) is 39.7 Å². The van der Waals surface area contributed by atoms with Crippen LogP contribution in [0.15, 0.2) is 41.7 Å². The van der Waals surface area contributed by atoms with Gasteiger partial charge in [0.15, 0.2) is 0 Å². The lowest BCUT2D eigenvalue weighted by molar-refractivity contribution is 0.626. The number of anilines is 2. The average molecular weight is 354 g/mol. The smallest absolute Gasteiger partial charge is 0.250 e. The molecule has 0 bridgehead atoms. The van der Waals surface area contributed by atoms with Crippen molar-refractivity contribution in [1.82, 2.24) is 14.5 Å². The van der Waals surface area contributed by atoms with Gasteiger partial charge in [-0.2, -0.15) is 0 Å². The zero-order chi connectivity index (χ0) is 19.2. The quantitative estimate of drug-likeness (QED) is 0.663. The fourth-order valence-electron chi connectivity index (χ4n) is 2.28. The monoisotopic (exact) mass is 354 g/mol. The van der Waals surface area contributed by atoms with Crippen molar-refractivity contribution >= 4 is 23.4 Å². The van der Waals surface area contributed by atoms with Crippen molar-refractivity contribution in [1.29, 1.82) is 5.41 Å². The van der Waals surface area contributed by atoms with E-state index in [9.17, 15) is 4.79 Å². The number of hydrogen-bond acceptors (Lipinski definition) is 6. The molecule has 0 saturated carbocycles. The highest BCUT2D eigenvalue weighted by atomic mass is 16.1. The lowest BCUT2D eigenvalue weighted by Crippen LogP contribution is -2.27. The first-order chi connectivity index (χ1) is 12.3. The second-order valence-corrected chi connectivity index (χ2v) is 7.01. The van der Waals surface area contributed by atoms with E-state index in [2.05, 4.69) is 20.6 Å². The fourth-order valence-corrected chi connectivity index (χ4v) is 2.28. The molecule has 2 aromatic heterocycles. The molecule has 0 atom stereocenters. The summed E-state index contributed by atoms with van der Waals surface area (Å²) >= 11 is 0. The predicted molar refractivity (Wildman–Crippen MR) is 107 cm³/mol. The Morgan fingerprint density at radius 2 is 1.96 bits per heavy atom. The number of aryl methyl sites for hydroxylation is 1. The van der Waals surface area contributed by atoms with Crippen LogP contribution < -0.4 is 16.2 Å². The van der Waals surface area contributed by atoms with E-state index < -0.39 is 0 Å². The van der Waals surface area contributed by atoms with Crippen molar-refractivity contribution in [2.45, 2.75) is 46.2 Å². The molecule has 0 aliphatic rings. The normalized spacial score (nSPS) is 11.9. The van der Waals surface area contributed by atoms with E-state index in [1.165, 1.54) is 12.3 Å². The van der Waals surface area contributed by atoms with Crippen LogP contribution in [0.25, 0.3) is 5.57 Å². The molecule has 2 aromatic rings. The highest BCUT2D eigenvalue weighted by molar-refractivity contribution is 6.08. The summed E-state index contributed by atoms with van der Waals surface area (Å²) in [5.41, 5.74) is 2.01. The van der Waals surface area contributed by atoms with Crippen LogP contribution in [0, 0.1) is 5.41 Å². The van der Waals surface area contributed by atoms with Crippen LogP contribution in [-0.2, 0) is 6.54 Å². The second kappa shape index (κ2) is 8.42. The van der Waals surface area contributed by atoms with Gasteiger partial charge in [-0.1, -0.05) is 6.92 Å². The SMILES string of the molecule is CCCn1cc(N/C=C(\C=N)c2cnc(NC(C)(C)C)nc2)ccc1=O. The molecule has 26 heavy (non-hydrogen) atoms.